The van der Waals surface area contributed by atoms with Gasteiger partial charge in [-0.25, -0.2) is 4.39 Å². The van der Waals surface area contributed by atoms with Gasteiger partial charge in [0.2, 0.25) is 5.67 Å². The fraction of sp³-hybridized carbons (Fsp3) is 0.875. The quantitative estimate of drug-likeness (QED) is 0.635. The Morgan fingerprint density at radius 2 is 2.33 bits per heavy atom. The highest BCUT2D eigenvalue weighted by Crippen LogP contribution is 2.32. The summed E-state index contributed by atoms with van der Waals surface area (Å²) in [6.07, 6.45) is 0.0676. The fourth-order valence-corrected chi connectivity index (χ4v) is 1.57. The Kier molecular flexibility index (Phi) is 2.80. The summed E-state index contributed by atoms with van der Waals surface area (Å²) >= 11 is 0. The Hall–Kier alpha value is -0.480. The molecule has 0 aromatic carbocycles. The van der Waals surface area contributed by atoms with Gasteiger partial charge in [-0.3, -0.25) is 4.79 Å². The van der Waals surface area contributed by atoms with Crippen LogP contribution < -0.4 is 0 Å². The molecule has 1 fully saturated rings. The standard InChI is InChI=1S/C8H13FO3/c1-11-5-8(9)6(10)3-4-7(8)12-2/h7H,3-5H2,1-2H3/t7-,8+/m0/s1. The topological polar surface area (TPSA) is 35.5 Å². The number of halogens is 1. The number of Topliss-reactive ketones (excluding diaryl/α,β-unsaturated/α-hetero) is 1. The Morgan fingerprint density at radius 1 is 1.67 bits per heavy atom. The minimum Gasteiger partial charge on any atom is -0.381 e. The summed E-state index contributed by atoms with van der Waals surface area (Å²) in [6, 6.07) is 0. The lowest BCUT2D eigenvalue weighted by Gasteiger charge is -2.23. The van der Waals surface area contributed by atoms with E-state index in [0.717, 1.165) is 0 Å². The van der Waals surface area contributed by atoms with Crippen LogP contribution in [-0.2, 0) is 14.3 Å². The predicted molar refractivity (Wildman–Crippen MR) is 40.8 cm³/mol. The minimum absolute atomic E-state index is 0.204. The highest BCUT2D eigenvalue weighted by atomic mass is 19.1. The highest BCUT2D eigenvalue weighted by Gasteiger charge is 2.51. The van der Waals surface area contributed by atoms with Gasteiger partial charge in [0.15, 0.2) is 5.78 Å². The van der Waals surface area contributed by atoms with E-state index in [0.29, 0.717) is 6.42 Å². The number of methoxy groups -OCH3 is 2. The summed E-state index contributed by atoms with van der Waals surface area (Å²) in [5, 5.41) is 0. The molecule has 4 heteroatoms. The number of hydrogen-bond acceptors (Lipinski definition) is 3. The van der Waals surface area contributed by atoms with Gasteiger partial charge in [-0.15, -0.1) is 0 Å². The van der Waals surface area contributed by atoms with Gasteiger partial charge < -0.3 is 9.47 Å². The van der Waals surface area contributed by atoms with Crippen LogP contribution in [0.1, 0.15) is 12.8 Å². The summed E-state index contributed by atoms with van der Waals surface area (Å²) in [7, 11) is 2.78. The second kappa shape index (κ2) is 3.49. The number of rotatable bonds is 3. The van der Waals surface area contributed by atoms with Crippen molar-refractivity contribution in [1.29, 1.82) is 0 Å². The number of carbonyl (C=O) groups is 1. The van der Waals surface area contributed by atoms with Crippen molar-refractivity contribution in [2.24, 2.45) is 0 Å². The fourth-order valence-electron chi connectivity index (χ4n) is 1.57. The van der Waals surface area contributed by atoms with E-state index >= 15 is 0 Å². The molecule has 1 rings (SSSR count). The smallest absolute Gasteiger partial charge is 0.217 e. The summed E-state index contributed by atoms with van der Waals surface area (Å²) in [5.41, 5.74) is -1.91. The molecule has 0 saturated heterocycles. The molecule has 1 saturated carbocycles. The molecule has 2 atom stereocenters. The third kappa shape index (κ3) is 1.36. The van der Waals surface area contributed by atoms with Crippen molar-refractivity contribution in [2.45, 2.75) is 24.6 Å². The van der Waals surface area contributed by atoms with Crippen molar-refractivity contribution in [3.05, 3.63) is 0 Å². The normalized spacial score (nSPS) is 35.9. The van der Waals surface area contributed by atoms with E-state index in [2.05, 4.69) is 4.74 Å². The molecular weight excluding hydrogens is 163 g/mol. The van der Waals surface area contributed by atoms with Crippen LogP contribution in [0.4, 0.5) is 4.39 Å². The number of alkyl halides is 1. The number of carbonyl (C=O) groups excluding carboxylic acids is 1. The first-order valence-corrected chi connectivity index (χ1v) is 3.89. The molecule has 0 amide bonds. The maximum Gasteiger partial charge on any atom is 0.217 e. The SMILES string of the molecule is COC[C@@]1(F)C(=O)CC[C@@H]1OC. The largest absolute Gasteiger partial charge is 0.381 e. The van der Waals surface area contributed by atoms with Gasteiger partial charge in [0.05, 0.1) is 6.61 Å². The lowest BCUT2D eigenvalue weighted by molar-refractivity contribution is -0.138. The van der Waals surface area contributed by atoms with Crippen molar-refractivity contribution in [3.63, 3.8) is 0 Å². The molecule has 0 heterocycles. The van der Waals surface area contributed by atoms with Gasteiger partial charge in [-0.1, -0.05) is 0 Å². The Balaban J connectivity index is 2.73. The van der Waals surface area contributed by atoms with Crippen LogP contribution in [0.15, 0.2) is 0 Å². The second-order valence-corrected chi connectivity index (χ2v) is 2.98. The molecule has 0 aromatic heterocycles. The molecule has 1 aliphatic carbocycles. The van der Waals surface area contributed by atoms with Crippen molar-refractivity contribution in [1.82, 2.24) is 0 Å². The Bertz CT molecular complexity index is 183. The number of hydrogen-bond donors (Lipinski definition) is 0. The Morgan fingerprint density at radius 3 is 2.83 bits per heavy atom. The molecule has 1 aliphatic rings. The minimum atomic E-state index is -1.91. The van der Waals surface area contributed by atoms with Crippen LogP contribution in [0.3, 0.4) is 0 Å². The van der Waals surface area contributed by atoms with E-state index in [1.54, 1.807) is 0 Å². The number of ketones is 1. The van der Waals surface area contributed by atoms with Gasteiger partial charge in [-0.05, 0) is 6.42 Å². The first kappa shape index (κ1) is 9.61. The molecule has 0 radical (unpaired) electrons. The zero-order chi connectivity index (χ0) is 9.19. The van der Waals surface area contributed by atoms with Crippen molar-refractivity contribution in [3.8, 4) is 0 Å². The average Bonchev–Trinajstić information content (AvgIpc) is 2.30. The monoisotopic (exact) mass is 176 g/mol. The zero-order valence-corrected chi connectivity index (χ0v) is 7.30. The van der Waals surface area contributed by atoms with Crippen molar-refractivity contribution in [2.75, 3.05) is 20.8 Å². The van der Waals surface area contributed by atoms with Gasteiger partial charge in [-0.2, -0.15) is 0 Å². The molecule has 3 nitrogen and oxygen atoms in total. The van der Waals surface area contributed by atoms with Crippen molar-refractivity contribution >= 4 is 5.78 Å². The van der Waals surface area contributed by atoms with E-state index in [-0.39, 0.29) is 13.0 Å². The van der Waals surface area contributed by atoms with Gasteiger partial charge >= 0.3 is 0 Å². The van der Waals surface area contributed by atoms with Crippen LogP contribution in [0.2, 0.25) is 0 Å². The van der Waals surface area contributed by atoms with Crippen LogP contribution in [0.25, 0.3) is 0 Å². The van der Waals surface area contributed by atoms with E-state index < -0.39 is 17.6 Å². The highest BCUT2D eigenvalue weighted by molar-refractivity contribution is 5.90. The molecule has 0 spiro atoms. The van der Waals surface area contributed by atoms with Gasteiger partial charge in [0.25, 0.3) is 0 Å². The predicted octanol–water partition coefficient (Wildman–Crippen LogP) is 0.719. The first-order valence-electron chi connectivity index (χ1n) is 3.89. The maximum absolute atomic E-state index is 13.8. The molecule has 70 valence electrons. The average molecular weight is 176 g/mol. The maximum atomic E-state index is 13.8. The number of ether oxygens (including phenoxy) is 2. The van der Waals surface area contributed by atoms with Crippen LogP contribution in [0, 0.1) is 0 Å². The summed E-state index contributed by atoms with van der Waals surface area (Å²) in [6.45, 7) is -0.204. The van der Waals surface area contributed by atoms with Gasteiger partial charge in [0, 0.05) is 20.6 Å². The lowest BCUT2D eigenvalue weighted by Crippen LogP contribution is -2.44. The van der Waals surface area contributed by atoms with E-state index in [1.165, 1.54) is 14.2 Å². The molecule has 0 N–H and O–H groups in total. The third-order valence-electron chi connectivity index (χ3n) is 2.25. The third-order valence-corrected chi connectivity index (χ3v) is 2.25. The molecule has 0 bridgehead atoms. The van der Waals surface area contributed by atoms with Crippen LogP contribution in [0.5, 0.6) is 0 Å². The van der Waals surface area contributed by atoms with Crippen molar-refractivity contribution < 1.29 is 18.7 Å². The molecule has 0 aromatic rings. The first-order chi connectivity index (χ1) is 5.65. The van der Waals surface area contributed by atoms with E-state index in [4.69, 9.17) is 4.74 Å². The van der Waals surface area contributed by atoms with Crippen LogP contribution in [-0.4, -0.2) is 38.4 Å². The van der Waals surface area contributed by atoms with E-state index in [1.807, 2.05) is 0 Å². The summed E-state index contributed by atoms with van der Waals surface area (Å²) in [4.78, 5) is 11.1. The Labute approximate surface area is 70.8 Å². The summed E-state index contributed by atoms with van der Waals surface area (Å²) in [5.74, 6) is -0.406. The molecular formula is C8H13FO3. The van der Waals surface area contributed by atoms with E-state index in [9.17, 15) is 9.18 Å². The van der Waals surface area contributed by atoms with Gasteiger partial charge in [0.1, 0.15) is 6.10 Å². The molecule has 12 heavy (non-hydrogen) atoms. The molecule has 0 aliphatic heterocycles. The lowest BCUT2D eigenvalue weighted by atomic mass is 10.0. The second-order valence-electron chi connectivity index (χ2n) is 2.98. The molecule has 0 unspecified atom stereocenters. The van der Waals surface area contributed by atoms with Crippen LogP contribution >= 0.6 is 0 Å². The summed E-state index contributed by atoms with van der Waals surface area (Å²) < 4.78 is 23.3. The zero-order valence-electron chi connectivity index (χ0n) is 7.30.